The van der Waals surface area contributed by atoms with Crippen molar-refractivity contribution in [2.75, 3.05) is 32.7 Å². The molecule has 2 atom stereocenters. The zero-order valence-electron chi connectivity index (χ0n) is 13.1. The highest BCUT2D eigenvalue weighted by Crippen LogP contribution is 2.30. The fraction of sp³-hybridized carbons (Fsp3) is 0.867. The predicted octanol–water partition coefficient (Wildman–Crippen LogP) is 1.37. The Hall–Kier alpha value is -1.30. The molecular weight excluding hydrogens is 270 g/mol. The largest absolute Gasteiger partial charge is 0.481 e. The molecule has 2 rings (SSSR count). The van der Waals surface area contributed by atoms with E-state index in [1.807, 2.05) is 6.92 Å². The molecule has 6 heteroatoms. The second kappa shape index (κ2) is 6.64. The Morgan fingerprint density at radius 1 is 1.24 bits per heavy atom. The van der Waals surface area contributed by atoms with Crippen molar-refractivity contribution in [1.29, 1.82) is 0 Å². The SMILES string of the molecule is CC(CN1CCCCC1)NC(=O)N1CCC(C)(C(=O)O)C1. The summed E-state index contributed by atoms with van der Waals surface area (Å²) < 4.78 is 0. The van der Waals surface area contributed by atoms with E-state index in [-0.39, 0.29) is 12.1 Å². The molecule has 2 saturated heterocycles. The van der Waals surface area contributed by atoms with Gasteiger partial charge in [0.15, 0.2) is 0 Å². The lowest BCUT2D eigenvalue weighted by molar-refractivity contribution is -0.146. The summed E-state index contributed by atoms with van der Waals surface area (Å²) in [6.45, 7) is 7.63. The first-order valence-corrected chi connectivity index (χ1v) is 7.92. The third-order valence-electron chi connectivity index (χ3n) is 4.63. The molecule has 0 saturated carbocycles. The van der Waals surface area contributed by atoms with Crippen LogP contribution in [0.15, 0.2) is 0 Å². The zero-order chi connectivity index (χ0) is 15.5. The van der Waals surface area contributed by atoms with Crippen molar-refractivity contribution in [2.24, 2.45) is 5.41 Å². The average Bonchev–Trinajstić information content (AvgIpc) is 2.84. The van der Waals surface area contributed by atoms with Gasteiger partial charge in [-0.1, -0.05) is 6.42 Å². The molecule has 2 N–H and O–H groups in total. The van der Waals surface area contributed by atoms with Crippen molar-refractivity contribution in [3.05, 3.63) is 0 Å². The summed E-state index contributed by atoms with van der Waals surface area (Å²) in [5, 5.41) is 12.2. The van der Waals surface area contributed by atoms with E-state index in [0.717, 1.165) is 19.6 Å². The number of hydrogen-bond acceptors (Lipinski definition) is 3. The molecule has 0 spiro atoms. The van der Waals surface area contributed by atoms with Gasteiger partial charge in [0.05, 0.1) is 5.41 Å². The summed E-state index contributed by atoms with van der Waals surface area (Å²) in [5.41, 5.74) is -0.798. The molecule has 0 aromatic rings. The fourth-order valence-electron chi connectivity index (χ4n) is 3.19. The van der Waals surface area contributed by atoms with E-state index in [9.17, 15) is 14.7 Å². The highest BCUT2D eigenvalue weighted by molar-refractivity contribution is 5.79. The lowest BCUT2D eigenvalue weighted by Gasteiger charge is -2.30. The molecule has 0 aromatic carbocycles. The van der Waals surface area contributed by atoms with Crippen LogP contribution in [0, 0.1) is 5.41 Å². The van der Waals surface area contributed by atoms with Crippen LogP contribution in [0.2, 0.25) is 0 Å². The number of carbonyl (C=O) groups is 2. The minimum Gasteiger partial charge on any atom is -0.481 e. The third kappa shape index (κ3) is 4.09. The molecule has 6 nitrogen and oxygen atoms in total. The molecule has 21 heavy (non-hydrogen) atoms. The van der Waals surface area contributed by atoms with Gasteiger partial charge in [0.25, 0.3) is 0 Å². The first-order valence-electron chi connectivity index (χ1n) is 7.92. The van der Waals surface area contributed by atoms with E-state index in [2.05, 4.69) is 10.2 Å². The first kappa shape index (κ1) is 16.1. The zero-order valence-corrected chi connectivity index (χ0v) is 13.1. The molecule has 2 aliphatic heterocycles. The number of rotatable bonds is 4. The normalized spacial score (nSPS) is 28.4. The van der Waals surface area contributed by atoms with Crippen molar-refractivity contribution in [1.82, 2.24) is 15.1 Å². The van der Waals surface area contributed by atoms with Gasteiger partial charge in [-0.2, -0.15) is 0 Å². The van der Waals surface area contributed by atoms with Crippen molar-refractivity contribution in [2.45, 2.75) is 45.6 Å². The van der Waals surface area contributed by atoms with Crippen LogP contribution in [-0.4, -0.2) is 65.7 Å². The van der Waals surface area contributed by atoms with Crippen LogP contribution >= 0.6 is 0 Å². The number of urea groups is 1. The van der Waals surface area contributed by atoms with E-state index in [4.69, 9.17) is 0 Å². The van der Waals surface area contributed by atoms with Gasteiger partial charge in [-0.25, -0.2) is 4.79 Å². The third-order valence-corrected chi connectivity index (χ3v) is 4.63. The van der Waals surface area contributed by atoms with Crippen LogP contribution in [0.3, 0.4) is 0 Å². The van der Waals surface area contributed by atoms with Gasteiger partial charge in [0.1, 0.15) is 0 Å². The van der Waals surface area contributed by atoms with Gasteiger partial charge in [-0.3, -0.25) is 4.79 Å². The minimum atomic E-state index is -0.820. The standard InChI is InChI=1S/C15H27N3O3/c1-12(10-17-7-4-3-5-8-17)16-14(21)18-9-6-15(2,11-18)13(19)20/h12H,3-11H2,1-2H3,(H,16,21)(H,19,20). The Morgan fingerprint density at radius 2 is 1.90 bits per heavy atom. The molecule has 2 aliphatic rings. The van der Waals surface area contributed by atoms with E-state index in [0.29, 0.717) is 19.5 Å². The number of hydrogen-bond donors (Lipinski definition) is 2. The molecule has 0 aliphatic carbocycles. The van der Waals surface area contributed by atoms with Gasteiger partial charge in [-0.15, -0.1) is 0 Å². The molecule has 2 unspecified atom stereocenters. The monoisotopic (exact) mass is 297 g/mol. The average molecular weight is 297 g/mol. The summed E-state index contributed by atoms with van der Waals surface area (Å²) in [6.07, 6.45) is 4.31. The fourth-order valence-corrected chi connectivity index (χ4v) is 3.19. The van der Waals surface area contributed by atoms with E-state index in [1.165, 1.54) is 19.3 Å². The maximum absolute atomic E-state index is 12.2. The Bertz CT molecular complexity index is 396. The number of carbonyl (C=O) groups excluding carboxylic acids is 1. The predicted molar refractivity (Wildman–Crippen MR) is 80.2 cm³/mol. The number of nitrogens with one attached hydrogen (secondary N) is 1. The number of carboxylic acids is 1. The van der Waals surface area contributed by atoms with Gasteiger partial charge in [0, 0.05) is 25.7 Å². The van der Waals surface area contributed by atoms with E-state index < -0.39 is 11.4 Å². The minimum absolute atomic E-state index is 0.0901. The Kier molecular flexibility index (Phi) is 5.08. The van der Waals surface area contributed by atoms with Crippen LogP contribution < -0.4 is 5.32 Å². The molecule has 2 fully saturated rings. The van der Waals surface area contributed by atoms with Crippen LogP contribution in [0.4, 0.5) is 4.79 Å². The molecule has 0 bridgehead atoms. The molecule has 0 radical (unpaired) electrons. The second-order valence-electron chi connectivity index (χ2n) is 6.75. The van der Waals surface area contributed by atoms with Crippen LogP contribution in [0.5, 0.6) is 0 Å². The Labute approximate surface area is 126 Å². The van der Waals surface area contributed by atoms with Gasteiger partial charge < -0.3 is 20.2 Å². The number of likely N-dealkylation sites (tertiary alicyclic amines) is 2. The number of amides is 2. The van der Waals surface area contributed by atoms with Gasteiger partial charge >= 0.3 is 12.0 Å². The van der Waals surface area contributed by atoms with Crippen molar-refractivity contribution >= 4 is 12.0 Å². The van der Waals surface area contributed by atoms with Gasteiger partial charge in [0.2, 0.25) is 0 Å². The summed E-state index contributed by atoms with van der Waals surface area (Å²) in [6, 6.07) is -0.0447. The van der Waals surface area contributed by atoms with Crippen molar-refractivity contribution in [3.63, 3.8) is 0 Å². The molecule has 120 valence electrons. The van der Waals surface area contributed by atoms with E-state index >= 15 is 0 Å². The quantitative estimate of drug-likeness (QED) is 0.822. The number of nitrogens with zero attached hydrogens (tertiary/aromatic N) is 2. The molecule has 2 amide bonds. The van der Waals surface area contributed by atoms with E-state index in [1.54, 1.807) is 11.8 Å². The summed E-state index contributed by atoms with van der Waals surface area (Å²) in [7, 11) is 0. The summed E-state index contributed by atoms with van der Waals surface area (Å²) in [5.74, 6) is -0.820. The Morgan fingerprint density at radius 3 is 2.48 bits per heavy atom. The summed E-state index contributed by atoms with van der Waals surface area (Å²) >= 11 is 0. The van der Waals surface area contributed by atoms with Crippen LogP contribution in [-0.2, 0) is 4.79 Å². The topological polar surface area (TPSA) is 72.9 Å². The lowest BCUT2D eigenvalue weighted by atomic mass is 9.90. The maximum atomic E-state index is 12.2. The maximum Gasteiger partial charge on any atom is 0.317 e. The molecule has 2 heterocycles. The second-order valence-corrected chi connectivity index (χ2v) is 6.75. The number of carboxylic acid groups (broad SMARTS) is 1. The smallest absolute Gasteiger partial charge is 0.317 e. The van der Waals surface area contributed by atoms with Crippen molar-refractivity contribution < 1.29 is 14.7 Å². The van der Waals surface area contributed by atoms with Crippen LogP contribution in [0.1, 0.15) is 39.5 Å². The van der Waals surface area contributed by atoms with Crippen molar-refractivity contribution in [3.8, 4) is 0 Å². The molecular formula is C15H27N3O3. The highest BCUT2D eigenvalue weighted by atomic mass is 16.4. The Balaban J connectivity index is 1.77. The molecule has 0 aromatic heterocycles. The summed E-state index contributed by atoms with van der Waals surface area (Å²) in [4.78, 5) is 27.4. The number of piperidine rings is 1. The van der Waals surface area contributed by atoms with Gasteiger partial charge in [-0.05, 0) is 46.2 Å². The highest BCUT2D eigenvalue weighted by Gasteiger charge is 2.42. The number of aliphatic carboxylic acids is 1. The lowest BCUT2D eigenvalue weighted by Crippen LogP contribution is -2.48. The first-order chi connectivity index (χ1) is 9.90. The van der Waals surface area contributed by atoms with Crippen LogP contribution in [0.25, 0.3) is 0 Å².